The second-order valence-corrected chi connectivity index (χ2v) is 24.1. The molecule has 0 amide bonds. The summed E-state index contributed by atoms with van der Waals surface area (Å²) >= 11 is 2.75. The zero-order valence-corrected chi connectivity index (χ0v) is 12.2. The SMILES string of the molecule is CN1CS[CH]([Sn]([CH3])([CH3])[CH3])SC1. The molecule has 1 fully saturated rings. The minimum absolute atomic E-state index is 0.987. The second kappa shape index (κ2) is 4.11. The maximum atomic E-state index is 2.53. The Bertz CT molecular complexity index is 127. The third-order valence-corrected chi connectivity index (χ3v) is 20.6. The van der Waals surface area contributed by atoms with E-state index in [1.54, 1.807) is 0 Å². The van der Waals surface area contributed by atoms with Gasteiger partial charge in [0, 0.05) is 0 Å². The first-order valence-electron chi connectivity index (χ1n) is 3.92. The quantitative estimate of drug-likeness (QED) is 0.685. The van der Waals surface area contributed by atoms with Gasteiger partial charge in [-0.1, -0.05) is 0 Å². The number of rotatable bonds is 1. The van der Waals surface area contributed by atoms with Crippen molar-refractivity contribution in [3.05, 3.63) is 0 Å². The van der Waals surface area contributed by atoms with Crippen LogP contribution in [-0.4, -0.2) is 44.7 Å². The van der Waals surface area contributed by atoms with Crippen LogP contribution in [0.2, 0.25) is 14.8 Å². The summed E-state index contributed by atoms with van der Waals surface area (Å²) in [5, 5.41) is 0. The van der Waals surface area contributed by atoms with Crippen molar-refractivity contribution in [1.82, 2.24) is 4.90 Å². The van der Waals surface area contributed by atoms with Crippen molar-refractivity contribution in [3.63, 3.8) is 0 Å². The molecule has 0 saturated carbocycles. The number of nitrogens with zero attached hydrogens (tertiary/aromatic N) is 1. The fourth-order valence-corrected chi connectivity index (χ4v) is 13.6. The van der Waals surface area contributed by atoms with E-state index in [1.807, 2.05) is 0 Å². The van der Waals surface area contributed by atoms with Gasteiger partial charge in [-0.15, -0.1) is 0 Å². The van der Waals surface area contributed by atoms with Gasteiger partial charge in [-0.3, -0.25) is 0 Å². The van der Waals surface area contributed by atoms with Gasteiger partial charge in [0.05, 0.1) is 0 Å². The molecule has 1 saturated heterocycles. The Kier molecular flexibility index (Phi) is 3.94. The van der Waals surface area contributed by atoms with Crippen LogP contribution in [0, 0.1) is 0 Å². The summed E-state index contributed by atoms with van der Waals surface area (Å²) in [6, 6.07) is 0. The average molecular weight is 298 g/mol. The number of thioether (sulfide) groups is 2. The average Bonchev–Trinajstić information content (AvgIpc) is 1.86. The molecule has 0 aliphatic carbocycles. The van der Waals surface area contributed by atoms with Crippen molar-refractivity contribution >= 4 is 41.9 Å². The molecule has 0 bridgehead atoms. The molecule has 4 heteroatoms. The third-order valence-electron chi connectivity index (χ3n) is 1.60. The molecule has 0 atom stereocenters. The Morgan fingerprint density at radius 1 is 1.18 bits per heavy atom. The molecule has 11 heavy (non-hydrogen) atoms. The van der Waals surface area contributed by atoms with Crippen molar-refractivity contribution in [2.45, 2.75) is 17.4 Å². The molecule has 1 rings (SSSR count). The van der Waals surface area contributed by atoms with Gasteiger partial charge in [0.2, 0.25) is 0 Å². The van der Waals surface area contributed by atoms with Crippen molar-refractivity contribution in [2.75, 3.05) is 18.8 Å². The molecule has 1 aliphatic heterocycles. The van der Waals surface area contributed by atoms with Gasteiger partial charge in [0.25, 0.3) is 0 Å². The predicted octanol–water partition coefficient (Wildman–Crippen LogP) is 2.52. The molecule has 0 aromatic carbocycles. The van der Waals surface area contributed by atoms with Gasteiger partial charge < -0.3 is 0 Å². The summed E-state index contributed by atoms with van der Waals surface area (Å²) in [6.07, 6.45) is 0. The number of hydrogen-bond acceptors (Lipinski definition) is 3. The molecule has 0 aromatic heterocycles. The summed E-state index contributed by atoms with van der Waals surface area (Å²) in [6.45, 7) is 0. The van der Waals surface area contributed by atoms with Gasteiger partial charge in [-0.2, -0.15) is 0 Å². The van der Waals surface area contributed by atoms with E-state index in [0.717, 1.165) is 2.60 Å². The molecule has 0 radical (unpaired) electrons. The maximum absolute atomic E-state index is 2.53. The molecule has 0 N–H and O–H groups in total. The van der Waals surface area contributed by atoms with E-state index in [0.29, 0.717) is 0 Å². The van der Waals surface area contributed by atoms with Crippen LogP contribution in [0.1, 0.15) is 0 Å². The van der Waals surface area contributed by atoms with Crippen LogP contribution in [-0.2, 0) is 0 Å². The zero-order valence-electron chi connectivity index (χ0n) is 7.76. The number of hydrogen-bond donors (Lipinski definition) is 0. The Morgan fingerprint density at radius 3 is 2.00 bits per heavy atom. The summed E-state index contributed by atoms with van der Waals surface area (Å²) in [5.74, 6) is 2.48. The first kappa shape index (κ1) is 10.5. The molecular formula is C7H17NS2Sn. The van der Waals surface area contributed by atoms with Gasteiger partial charge in [0.15, 0.2) is 0 Å². The zero-order chi connectivity index (χ0) is 8.48. The van der Waals surface area contributed by atoms with Gasteiger partial charge in [-0.25, -0.2) is 0 Å². The first-order valence-corrected chi connectivity index (χ1v) is 16.2. The minimum atomic E-state index is -1.57. The van der Waals surface area contributed by atoms with E-state index in [9.17, 15) is 0 Å². The molecule has 1 heterocycles. The fourth-order valence-electron chi connectivity index (χ4n) is 0.975. The molecule has 1 nitrogen and oxygen atoms in total. The van der Waals surface area contributed by atoms with Crippen molar-refractivity contribution in [1.29, 1.82) is 0 Å². The second-order valence-electron chi connectivity index (χ2n) is 4.15. The first-order chi connectivity index (χ1) is 5.00. The van der Waals surface area contributed by atoms with Gasteiger partial charge in [-0.05, 0) is 0 Å². The van der Waals surface area contributed by atoms with E-state index in [4.69, 9.17) is 0 Å². The van der Waals surface area contributed by atoms with E-state index in [2.05, 4.69) is 50.3 Å². The Hall–Kier alpha value is 1.46. The van der Waals surface area contributed by atoms with Gasteiger partial charge >= 0.3 is 83.0 Å². The normalized spacial score (nSPS) is 24.0. The monoisotopic (exact) mass is 299 g/mol. The van der Waals surface area contributed by atoms with E-state index in [1.165, 1.54) is 11.8 Å². The molecule has 66 valence electrons. The molecule has 0 aromatic rings. The summed E-state index contributed by atoms with van der Waals surface area (Å²) in [4.78, 5) is 9.99. The van der Waals surface area contributed by atoms with Crippen LogP contribution < -0.4 is 0 Å². The molecule has 1 aliphatic rings. The third kappa shape index (κ3) is 3.36. The van der Waals surface area contributed by atoms with Crippen molar-refractivity contribution in [3.8, 4) is 0 Å². The van der Waals surface area contributed by atoms with E-state index >= 15 is 0 Å². The van der Waals surface area contributed by atoms with Crippen molar-refractivity contribution < 1.29 is 0 Å². The summed E-state index contributed by atoms with van der Waals surface area (Å²) in [7, 11) is 2.20. The molecular weight excluding hydrogens is 281 g/mol. The summed E-state index contributed by atoms with van der Waals surface area (Å²) in [5.41, 5.74) is 0. The van der Waals surface area contributed by atoms with Crippen LogP contribution in [0.4, 0.5) is 0 Å². The van der Waals surface area contributed by atoms with Crippen LogP contribution in [0.3, 0.4) is 0 Å². The van der Waals surface area contributed by atoms with Crippen LogP contribution in [0.5, 0.6) is 0 Å². The Labute approximate surface area is 82.5 Å². The van der Waals surface area contributed by atoms with E-state index in [-0.39, 0.29) is 0 Å². The predicted molar refractivity (Wildman–Crippen MR) is 59.8 cm³/mol. The van der Waals surface area contributed by atoms with Crippen LogP contribution in [0.25, 0.3) is 0 Å². The van der Waals surface area contributed by atoms with Gasteiger partial charge in [0.1, 0.15) is 0 Å². The van der Waals surface area contributed by atoms with Crippen LogP contribution in [0.15, 0.2) is 0 Å². The van der Waals surface area contributed by atoms with Crippen molar-refractivity contribution in [2.24, 2.45) is 0 Å². The molecule has 0 unspecified atom stereocenters. The van der Waals surface area contributed by atoms with E-state index < -0.39 is 18.4 Å². The fraction of sp³-hybridized carbons (Fsp3) is 1.00. The standard InChI is InChI=1S/C4H8NS2.3CH3.Sn/c1-5-2-6-4-7-3-5;;;;/h4H,2-3H2,1H3;3*1H3;. The molecule has 0 spiro atoms. The van der Waals surface area contributed by atoms with Crippen LogP contribution >= 0.6 is 23.5 Å². The Morgan fingerprint density at radius 2 is 1.64 bits per heavy atom. The summed E-state index contributed by atoms with van der Waals surface area (Å²) < 4.78 is 0.987. The Balaban J connectivity index is 2.39. The topological polar surface area (TPSA) is 3.24 Å².